The van der Waals surface area contributed by atoms with Gasteiger partial charge in [0.15, 0.2) is 37.3 Å². The van der Waals surface area contributed by atoms with Crippen molar-refractivity contribution < 1.29 is 74.1 Å². The molecule has 18 heteroatoms. The highest BCUT2D eigenvalue weighted by Gasteiger charge is 2.55. The first-order chi connectivity index (χ1) is 42.6. The Bertz CT molecular complexity index is 3770. The van der Waals surface area contributed by atoms with Crippen LogP contribution in [-0.4, -0.2) is 55.2 Å². The van der Waals surface area contributed by atoms with Crippen molar-refractivity contribution in [3.05, 3.63) is 105 Å². The highest BCUT2D eigenvalue weighted by atomic mass is 31.2. The second-order valence-electron chi connectivity index (χ2n) is 33.1. The molecule has 0 bridgehead atoms. The summed E-state index contributed by atoms with van der Waals surface area (Å²) in [6.07, 6.45) is -8.92. The molecule has 0 spiro atoms. The minimum Gasteiger partial charge on any atom is -0.496 e. The highest BCUT2D eigenvalue weighted by Crippen LogP contribution is 2.64. The Balaban J connectivity index is 1.78. The number of alkyl halides is 4. The van der Waals surface area contributed by atoms with Gasteiger partial charge in [-0.25, -0.2) is 0 Å². The molecule has 12 nitrogen and oxygen atoms in total. The Hall–Kier alpha value is -6.50. The molecule has 0 radical (unpaired) electrons. The number of fused-ring (bicyclic) bond motifs is 2. The largest absolute Gasteiger partial charge is 0.586 e. The van der Waals surface area contributed by atoms with Crippen molar-refractivity contribution in [3.8, 4) is 68.6 Å². The molecule has 0 amide bonds. The number of benzene rings is 6. The maximum absolute atomic E-state index is 18.9. The van der Waals surface area contributed by atoms with E-state index in [1.807, 2.05) is 190 Å². The number of hydrogen-bond donors (Lipinski definition) is 0. The van der Waals surface area contributed by atoms with Gasteiger partial charge in [0.1, 0.15) is 23.0 Å². The number of ether oxygens (including phenoxy) is 10. The van der Waals surface area contributed by atoms with Gasteiger partial charge in [0.25, 0.3) is 0 Å². The van der Waals surface area contributed by atoms with E-state index in [2.05, 4.69) is 0 Å². The minimum atomic E-state index is -4.89. The van der Waals surface area contributed by atoms with E-state index >= 15 is 26.7 Å². The second kappa shape index (κ2) is 23.7. The van der Waals surface area contributed by atoms with Crippen LogP contribution in [0.1, 0.15) is 211 Å². The molecule has 2 heterocycles. The summed E-state index contributed by atoms with van der Waals surface area (Å²) < 4.78 is 165. The fourth-order valence-corrected chi connectivity index (χ4v) is 18.6. The average molecular weight is 1340 g/mol. The Morgan fingerprint density at radius 3 is 0.777 bits per heavy atom. The Kier molecular flexibility index (Phi) is 18.4. The van der Waals surface area contributed by atoms with Gasteiger partial charge in [-0.05, 0) is 104 Å². The monoisotopic (exact) mass is 1340 g/mol. The fraction of sp³-hybridized carbons (Fsp3) is 0.526. The van der Waals surface area contributed by atoms with E-state index in [1.165, 1.54) is 26.4 Å². The van der Waals surface area contributed by atoms with Gasteiger partial charge in [-0.15, -0.1) is 17.6 Å². The number of rotatable bonds is 13. The third kappa shape index (κ3) is 12.9. The van der Waals surface area contributed by atoms with Crippen LogP contribution in [0.4, 0.5) is 17.6 Å². The lowest BCUT2D eigenvalue weighted by Crippen LogP contribution is -2.33. The number of methoxy groups -OCH3 is 6. The van der Waals surface area contributed by atoms with Gasteiger partial charge < -0.3 is 56.5 Å². The highest BCUT2D eigenvalue weighted by molar-refractivity contribution is 7.86. The predicted octanol–water partition coefficient (Wildman–Crippen LogP) is 17.7. The molecule has 0 unspecified atom stereocenters. The Labute approximate surface area is 556 Å². The van der Waals surface area contributed by atoms with Gasteiger partial charge in [0.2, 0.25) is 11.5 Å². The first-order valence-corrected chi connectivity index (χ1v) is 35.2. The first kappa shape index (κ1) is 73.3. The van der Waals surface area contributed by atoms with E-state index in [4.69, 9.17) is 47.4 Å². The maximum atomic E-state index is 18.9. The van der Waals surface area contributed by atoms with Crippen molar-refractivity contribution in [1.29, 1.82) is 0 Å². The summed E-state index contributed by atoms with van der Waals surface area (Å²) in [4.78, 5) is 0. The molecule has 2 aliphatic heterocycles. The summed E-state index contributed by atoms with van der Waals surface area (Å²) >= 11 is 0. The van der Waals surface area contributed by atoms with Gasteiger partial charge >= 0.3 is 12.6 Å². The lowest BCUT2D eigenvalue weighted by Gasteiger charge is -2.35. The molecular formula is C76H100F4O12P2. The van der Waals surface area contributed by atoms with Crippen LogP contribution in [0.15, 0.2) is 60.7 Å². The summed E-state index contributed by atoms with van der Waals surface area (Å²) in [5.74, 6) is -1.48. The lowest BCUT2D eigenvalue weighted by atomic mass is 9.79. The molecule has 0 aromatic heterocycles. The summed E-state index contributed by atoms with van der Waals surface area (Å²) in [6.45, 7) is 48.1. The topological polar surface area (TPSA) is 126 Å². The molecule has 8 rings (SSSR count). The summed E-state index contributed by atoms with van der Waals surface area (Å²) in [5, 5.41) is 0.391. The van der Waals surface area contributed by atoms with Gasteiger partial charge in [-0.2, -0.15) is 0 Å². The predicted molar refractivity (Wildman–Crippen MR) is 372 cm³/mol. The summed E-state index contributed by atoms with van der Waals surface area (Å²) in [5.41, 5.74) is -1.19. The Morgan fingerprint density at radius 1 is 0.298 bits per heavy atom. The third-order valence-corrected chi connectivity index (χ3v) is 23.6. The quantitative estimate of drug-likeness (QED) is 0.0807. The molecule has 0 N–H and O–H groups in total. The zero-order valence-corrected chi connectivity index (χ0v) is 62.9. The molecule has 0 saturated carbocycles. The van der Waals surface area contributed by atoms with Crippen molar-refractivity contribution in [2.75, 3.05) is 42.7 Å². The Morgan fingerprint density at radius 2 is 0.532 bits per heavy atom. The van der Waals surface area contributed by atoms with E-state index in [0.717, 1.165) is 0 Å². The van der Waals surface area contributed by atoms with Crippen LogP contribution in [0.25, 0.3) is 11.1 Å². The molecule has 2 aliphatic rings. The summed E-state index contributed by atoms with van der Waals surface area (Å²) in [6, 6.07) is 17.2. The van der Waals surface area contributed by atoms with E-state index in [9.17, 15) is 0 Å². The molecule has 94 heavy (non-hydrogen) atoms. The van der Waals surface area contributed by atoms with Crippen molar-refractivity contribution >= 4 is 46.1 Å². The van der Waals surface area contributed by atoms with Crippen molar-refractivity contribution in [3.63, 3.8) is 0 Å². The average Bonchev–Trinajstić information content (AvgIpc) is 1.24. The van der Waals surface area contributed by atoms with Crippen LogP contribution in [0.5, 0.6) is 57.5 Å². The van der Waals surface area contributed by atoms with Crippen molar-refractivity contribution in [2.45, 2.75) is 222 Å². The molecule has 0 saturated heterocycles. The number of hydrogen-bond acceptors (Lipinski definition) is 12. The molecule has 0 atom stereocenters. The molecule has 514 valence electrons. The molecular weight excluding hydrogens is 1240 g/mol. The molecule has 6 aromatic carbocycles. The van der Waals surface area contributed by atoms with E-state index in [0.29, 0.717) is 67.5 Å². The molecule has 0 fully saturated rings. The van der Waals surface area contributed by atoms with Crippen LogP contribution < -0.4 is 79.2 Å². The lowest BCUT2D eigenvalue weighted by molar-refractivity contribution is -0.288. The normalized spacial score (nSPS) is 15.3. The van der Waals surface area contributed by atoms with E-state index in [1.54, 1.807) is 52.7 Å². The number of halogens is 4. The first-order valence-electron chi connectivity index (χ1n) is 31.8. The van der Waals surface area contributed by atoms with Gasteiger partial charge in [0, 0.05) is 82.2 Å². The zero-order valence-electron chi connectivity index (χ0n) is 61.1. The zero-order chi connectivity index (χ0) is 71.2. The maximum Gasteiger partial charge on any atom is 0.586 e. The second-order valence-corrected chi connectivity index (χ2v) is 38.6. The van der Waals surface area contributed by atoms with Gasteiger partial charge in [-0.3, -0.25) is 0 Å². The van der Waals surface area contributed by atoms with Crippen LogP contribution in [-0.2, 0) is 52.5 Å². The van der Waals surface area contributed by atoms with Gasteiger partial charge in [0.05, 0.1) is 48.0 Å². The minimum absolute atomic E-state index is 0.200. The third-order valence-electron chi connectivity index (χ3n) is 17.6. The SMILES string of the molecule is COc1cc(P(=O)(c2cc(C(C)(C)C)c(OC)c(C(C)(C)C)c2)c2cc(C(C)(C)C)c(OC)c(C(C)(C)C)c2)c(-c2cc(P(=O)(c3cc(C(C)(C)C)c(OC)c(C(C)(C)C)c3)c3cc(C(C)(C)C)c(OC)c(C(C)(C)C)c3)c(OC)c3c2OC(F)(F)O3)c2c1OC(F)(F)O2. The van der Waals surface area contributed by atoms with Crippen LogP contribution in [0.3, 0.4) is 0 Å². The van der Waals surface area contributed by atoms with Crippen molar-refractivity contribution in [2.24, 2.45) is 0 Å². The van der Waals surface area contributed by atoms with E-state index < -0.39 is 110 Å². The van der Waals surface area contributed by atoms with Crippen LogP contribution >= 0.6 is 14.3 Å². The van der Waals surface area contributed by atoms with E-state index in [-0.39, 0.29) is 37.6 Å². The smallest absolute Gasteiger partial charge is 0.496 e. The van der Waals surface area contributed by atoms with Crippen LogP contribution in [0, 0.1) is 0 Å². The molecule has 0 aliphatic carbocycles. The molecule has 6 aromatic rings. The standard InChI is InChI=1S/C76H100F4O12P2/c1-67(2,3)46-31-41(32-47(59(46)84-26)68(4,5)6)93(81,42-33-48(69(7,8)9)60(85-27)49(34-42)70(10,11)12)55-40-54(83-25)63-65(91-76(79,80)90-63)57(55)45-39-56(64(88-30)66-58(45)89-75(77,78)92-66)94(82,43-35-50(71(13,14)15)61(86-28)51(36-43)72(16,17)18)44-37-52(73(19,20)21)62(87-29)53(38-44)74(22,23)24/h31-40H,1-30H3. The van der Waals surface area contributed by atoms with Crippen LogP contribution in [0.2, 0.25) is 0 Å². The van der Waals surface area contributed by atoms with Crippen molar-refractivity contribution in [1.82, 2.24) is 0 Å². The van der Waals surface area contributed by atoms with Gasteiger partial charge in [-0.1, -0.05) is 166 Å². The summed E-state index contributed by atoms with van der Waals surface area (Å²) in [7, 11) is -0.902. The fourth-order valence-electron chi connectivity index (χ4n) is 12.8.